The smallest absolute Gasteiger partial charge is 0.282 e. The number of H-pyrrole nitrogens is 1. The zero-order chi connectivity index (χ0) is 7.11. The molecule has 0 radical (unpaired) electrons. The molecular formula is C3H5ClN2O3. The zero-order valence-electron chi connectivity index (χ0n) is 4.32. The molecule has 1 aromatic heterocycles. The van der Waals surface area contributed by atoms with Gasteiger partial charge in [-0.25, -0.2) is 4.98 Å². The summed E-state index contributed by atoms with van der Waals surface area (Å²) in [7, 11) is -2.60. The molecule has 5 nitrogen and oxygen atoms in total. The van der Waals surface area contributed by atoms with Crippen LogP contribution in [0.15, 0.2) is 18.7 Å². The second-order valence-electron chi connectivity index (χ2n) is 0.962. The van der Waals surface area contributed by atoms with E-state index in [1.54, 1.807) is 18.7 Å². The molecule has 1 aromatic rings. The SMILES string of the molecule is [O-][Cl+2]([O-])O.c1c[nH]cn1. The lowest BCUT2D eigenvalue weighted by Crippen LogP contribution is -2.30. The maximum Gasteiger partial charge on any atom is 0.282 e. The molecule has 0 unspecified atom stereocenters. The average Bonchev–Trinajstić information content (AvgIpc) is 2.11. The molecule has 0 aliphatic heterocycles. The number of halogens is 1. The number of nitrogens with zero attached hydrogens (tertiary/aromatic N) is 1. The van der Waals surface area contributed by atoms with Gasteiger partial charge in [-0.2, -0.15) is 0 Å². The maximum absolute atomic E-state index is 8.52. The lowest BCUT2D eigenvalue weighted by Gasteiger charge is -1.72. The first-order valence-corrected chi connectivity index (χ1v) is 2.86. The molecule has 0 aliphatic carbocycles. The number of hydrogen-bond donors (Lipinski definition) is 2. The molecule has 9 heavy (non-hydrogen) atoms. The summed E-state index contributed by atoms with van der Waals surface area (Å²) in [6.07, 6.45) is 5.08. The van der Waals surface area contributed by atoms with Crippen molar-refractivity contribution in [2.24, 2.45) is 0 Å². The Labute approximate surface area is 54.4 Å². The average molecular weight is 153 g/mol. The van der Waals surface area contributed by atoms with Gasteiger partial charge in [-0.3, -0.25) is 0 Å². The minimum absolute atomic E-state index is 1.62. The number of hydrogen-bond acceptors (Lipinski definition) is 4. The van der Waals surface area contributed by atoms with Crippen LogP contribution in [0.4, 0.5) is 0 Å². The topological polar surface area (TPSA) is 95.0 Å². The van der Waals surface area contributed by atoms with Crippen LogP contribution in [0.25, 0.3) is 0 Å². The van der Waals surface area contributed by atoms with Gasteiger partial charge in [0.25, 0.3) is 10.8 Å². The molecule has 6 heteroatoms. The molecule has 0 fully saturated rings. The predicted octanol–water partition coefficient (Wildman–Crippen LogP) is -2.53. The molecule has 2 N–H and O–H groups in total. The highest BCUT2D eigenvalue weighted by Crippen LogP contribution is 1.62. The Kier molecular flexibility index (Phi) is 5.14. The Hall–Kier alpha value is -0.620. The molecule has 1 rings (SSSR count). The van der Waals surface area contributed by atoms with Gasteiger partial charge in [0.2, 0.25) is 0 Å². The third kappa shape index (κ3) is 11.1. The Morgan fingerprint density at radius 1 is 1.56 bits per heavy atom. The molecule has 0 amide bonds. The molecule has 52 valence electrons. The van der Waals surface area contributed by atoms with Gasteiger partial charge < -0.3 is 14.3 Å². The van der Waals surface area contributed by atoms with Crippen LogP contribution in [0.5, 0.6) is 0 Å². The molecule has 1 heterocycles. The summed E-state index contributed by atoms with van der Waals surface area (Å²) in [4.78, 5) is 6.42. The third-order valence-electron chi connectivity index (χ3n) is 0.406. The second-order valence-corrected chi connectivity index (χ2v) is 1.36. The Balaban J connectivity index is 0.000000148. The van der Waals surface area contributed by atoms with Gasteiger partial charge in [-0.05, 0) is 0 Å². The van der Waals surface area contributed by atoms with Crippen molar-refractivity contribution in [2.75, 3.05) is 0 Å². The van der Waals surface area contributed by atoms with Crippen molar-refractivity contribution < 1.29 is 24.8 Å². The Morgan fingerprint density at radius 2 is 2.11 bits per heavy atom. The first-order valence-electron chi connectivity index (χ1n) is 1.90. The van der Waals surface area contributed by atoms with Crippen molar-refractivity contribution in [1.82, 2.24) is 9.97 Å². The molecule has 0 atom stereocenters. The summed E-state index contributed by atoms with van der Waals surface area (Å²) in [5.74, 6) is 0. The number of aromatic nitrogens is 2. The van der Waals surface area contributed by atoms with Gasteiger partial charge >= 0.3 is 0 Å². The molecule has 0 saturated heterocycles. The molecule has 0 spiro atoms. The fourth-order valence-corrected chi connectivity index (χ4v) is 0.215. The van der Waals surface area contributed by atoms with Gasteiger partial charge in [0.15, 0.2) is 0 Å². The summed E-state index contributed by atoms with van der Waals surface area (Å²) >= 11 is 0. The third-order valence-corrected chi connectivity index (χ3v) is 0.406. The largest absolute Gasteiger partial charge is 0.351 e. The number of nitrogens with one attached hydrogen (secondary N) is 1. The number of aromatic amines is 1. The van der Waals surface area contributed by atoms with Crippen LogP contribution in [0.2, 0.25) is 0 Å². The van der Waals surface area contributed by atoms with Crippen molar-refractivity contribution in [1.29, 1.82) is 0 Å². The van der Waals surface area contributed by atoms with Crippen LogP contribution >= 0.6 is 0 Å². The molecule has 0 saturated carbocycles. The summed E-state index contributed by atoms with van der Waals surface area (Å²) in [6.45, 7) is 0. The van der Waals surface area contributed by atoms with Gasteiger partial charge in [0.05, 0.1) is 6.33 Å². The minimum Gasteiger partial charge on any atom is -0.351 e. The normalized spacial score (nSPS) is 8.44. The van der Waals surface area contributed by atoms with E-state index in [0.717, 1.165) is 0 Å². The van der Waals surface area contributed by atoms with Crippen LogP contribution in [0.1, 0.15) is 0 Å². The molecule has 0 aromatic carbocycles. The Bertz CT molecular complexity index is 101. The fourth-order valence-electron chi connectivity index (χ4n) is 0.215. The fraction of sp³-hybridized carbons (Fsp3) is 0. The minimum atomic E-state index is -2.60. The number of rotatable bonds is 0. The highest BCUT2D eigenvalue weighted by Gasteiger charge is 1.79. The highest BCUT2D eigenvalue weighted by molar-refractivity contribution is 4.64. The first kappa shape index (κ1) is 8.38. The van der Waals surface area contributed by atoms with Crippen molar-refractivity contribution >= 4 is 0 Å². The van der Waals surface area contributed by atoms with Crippen LogP contribution in [0, 0.1) is 10.8 Å². The van der Waals surface area contributed by atoms with E-state index in [1.165, 1.54) is 0 Å². The van der Waals surface area contributed by atoms with E-state index in [-0.39, 0.29) is 0 Å². The van der Waals surface area contributed by atoms with E-state index in [0.29, 0.717) is 0 Å². The summed E-state index contributed by atoms with van der Waals surface area (Å²) in [5, 5.41) is 0. The Morgan fingerprint density at radius 3 is 2.22 bits per heavy atom. The van der Waals surface area contributed by atoms with Crippen LogP contribution in [-0.2, 0) is 0 Å². The van der Waals surface area contributed by atoms with Crippen molar-refractivity contribution in [2.45, 2.75) is 0 Å². The van der Waals surface area contributed by atoms with Crippen LogP contribution < -0.4 is 9.32 Å². The van der Waals surface area contributed by atoms with Gasteiger partial charge in [0, 0.05) is 17.1 Å². The van der Waals surface area contributed by atoms with E-state index >= 15 is 0 Å². The summed E-state index contributed by atoms with van der Waals surface area (Å²) < 4.78 is 24.0. The standard InChI is InChI=1S/C3H4N2.ClHO3/c1-2-5-3-4-1;2-1(3)4/h1-3H,(H,4,5);2H. The van der Waals surface area contributed by atoms with Crippen molar-refractivity contribution in [3.8, 4) is 0 Å². The van der Waals surface area contributed by atoms with Gasteiger partial charge in [0.1, 0.15) is 0 Å². The van der Waals surface area contributed by atoms with Crippen LogP contribution in [0.3, 0.4) is 0 Å². The van der Waals surface area contributed by atoms with Crippen molar-refractivity contribution in [3.05, 3.63) is 18.7 Å². The summed E-state index contributed by atoms with van der Waals surface area (Å²) in [5.41, 5.74) is 0. The van der Waals surface area contributed by atoms with E-state index in [1.807, 2.05) is 0 Å². The van der Waals surface area contributed by atoms with Crippen molar-refractivity contribution in [3.63, 3.8) is 0 Å². The molecule has 0 bridgehead atoms. The van der Waals surface area contributed by atoms with E-state index in [2.05, 4.69) is 9.97 Å². The van der Waals surface area contributed by atoms with E-state index < -0.39 is 10.8 Å². The monoisotopic (exact) mass is 152 g/mol. The first-order chi connectivity index (χ1) is 4.23. The molecular weight excluding hydrogens is 147 g/mol. The van der Waals surface area contributed by atoms with E-state index in [9.17, 15) is 0 Å². The molecule has 0 aliphatic rings. The predicted molar refractivity (Wildman–Crippen MR) is 20.8 cm³/mol. The quantitative estimate of drug-likeness (QED) is 0.429. The maximum atomic E-state index is 8.52. The summed E-state index contributed by atoms with van der Waals surface area (Å²) in [6, 6.07) is 0. The number of imidazole rings is 1. The van der Waals surface area contributed by atoms with Gasteiger partial charge in [-0.15, -0.1) is 0 Å². The lowest BCUT2D eigenvalue weighted by atomic mass is 11.0. The second kappa shape index (κ2) is 5.52. The highest BCUT2D eigenvalue weighted by atomic mass is 35.6. The van der Waals surface area contributed by atoms with Gasteiger partial charge in [-0.1, -0.05) is 0 Å². The van der Waals surface area contributed by atoms with Crippen LogP contribution in [-0.4, -0.2) is 14.6 Å². The van der Waals surface area contributed by atoms with E-state index in [4.69, 9.17) is 14.0 Å². The zero-order valence-corrected chi connectivity index (χ0v) is 5.08. The lowest BCUT2D eigenvalue weighted by molar-refractivity contribution is -1.63.